The van der Waals surface area contributed by atoms with E-state index in [9.17, 15) is 5.11 Å². The number of nitrogens with zero attached hydrogens (tertiary/aromatic N) is 2. The summed E-state index contributed by atoms with van der Waals surface area (Å²) in [5, 5.41) is 10.1. The van der Waals surface area contributed by atoms with E-state index < -0.39 is 0 Å². The molecule has 2 aromatic rings. The third-order valence-electron chi connectivity index (χ3n) is 4.46. The van der Waals surface area contributed by atoms with Crippen molar-refractivity contribution in [2.45, 2.75) is 45.3 Å². The molecule has 0 bridgehead atoms. The van der Waals surface area contributed by atoms with Crippen LogP contribution in [0.4, 0.5) is 0 Å². The summed E-state index contributed by atoms with van der Waals surface area (Å²) < 4.78 is 11.0. The van der Waals surface area contributed by atoms with Crippen LogP contribution in [0.25, 0.3) is 11.7 Å². The van der Waals surface area contributed by atoms with E-state index in [1.165, 1.54) is 6.42 Å². The molecule has 2 atom stereocenters. The summed E-state index contributed by atoms with van der Waals surface area (Å²) in [5.41, 5.74) is 0.930. The number of hydrogen-bond acceptors (Lipinski definition) is 5. The number of aryl methyl sites for hydroxylation is 1. The SMILES string of the molecule is Cc1oc(-c2ccco2)nc1CN(C)CC1CCCCC1O. The summed E-state index contributed by atoms with van der Waals surface area (Å²) in [6, 6.07) is 3.67. The van der Waals surface area contributed by atoms with E-state index in [2.05, 4.69) is 16.9 Å². The van der Waals surface area contributed by atoms with Crippen molar-refractivity contribution in [1.29, 1.82) is 0 Å². The van der Waals surface area contributed by atoms with E-state index in [1.54, 1.807) is 6.26 Å². The highest BCUT2D eigenvalue weighted by Gasteiger charge is 2.24. The Morgan fingerprint density at radius 2 is 2.18 bits per heavy atom. The Hall–Kier alpha value is -1.59. The molecule has 1 saturated carbocycles. The summed E-state index contributed by atoms with van der Waals surface area (Å²) in [7, 11) is 2.07. The molecule has 5 heteroatoms. The molecule has 2 heterocycles. The molecule has 1 fully saturated rings. The van der Waals surface area contributed by atoms with E-state index >= 15 is 0 Å². The van der Waals surface area contributed by atoms with Crippen LogP contribution in [0.3, 0.4) is 0 Å². The van der Waals surface area contributed by atoms with Gasteiger partial charge in [0.25, 0.3) is 5.89 Å². The lowest BCUT2D eigenvalue weighted by molar-refractivity contribution is 0.0499. The summed E-state index contributed by atoms with van der Waals surface area (Å²) in [6.07, 6.45) is 5.88. The molecule has 0 aromatic carbocycles. The monoisotopic (exact) mass is 304 g/mol. The fourth-order valence-corrected chi connectivity index (χ4v) is 3.20. The Labute approximate surface area is 130 Å². The average Bonchev–Trinajstić information content (AvgIpc) is 3.12. The molecule has 0 aliphatic heterocycles. The highest BCUT2D eigenvalue weighted by molar-refractivity contribution is 5.44. The molecule has 1 aliphatic carbocycles. The van der Waals surface area contributed by atoms with Crippen LogP contribution < -0.4 is 0 Å². The van der Waals surface area contributed by atoms with Gasteiger partial charge in [0.1, 0.15) is 5.76 Å². The van der Waals surface area contributed by atoms with Crippen molar-refractivity contribution in [3.8, 4) is 11.7 Å². The maximum absolute atomic E-state index is 10.1. The predicted octanol–water partition coefficient (Wildman–Crippen LogP) is 3.23. The first kappa shape index (κ1) is 15.3. The molecule has 0 amide bonds. The van der Waals surface area contributed by atoms with Crippen LogP contribution in [0.5, 0.6) is 0 Å². The van der Waals surface area contributed by atoms with E-state index in [4.69, 9.17) is 8.83 Å². The van der Waals surface area contributed by atoms with Crippen LogP contribution >= 0.6 is 0 Å². The van der Waals surface area contributed by atoms with Crippen molar-refractivity contribution in [1.82, 2.24) is 9.88 Å². The van der Waals surface area contributed by atoms with Crippen LogP contribution in [0.2, 0.25) is 0 Å². The summed E-state index contributed by atoms with van der Waals surface area (Å²) >= 11 is 0. The fourth-order valence-electron chi connectivity index (χ4n) is 3.20. The first-order valence-corrected chi connectivity index (χ1v) is 8.00. The minimum atomic E-state index is -0.159. The van der Waals surface area contributed by atoms with Gasteiger partial charge < -0.3 is 18.8 Å². The minimum Gasteiger partial charge on any atom is -0.459 e. The molecule has 0 saturated heterocycles. The van der Waals surface area contributed by atoms with Gasteiger partial charge in [0.15, 0.2) is 5.76 Å². The smallest absolute Gasteiger partial charge is 0.263 e. The highest BCUT2D eigenvalue weighted by Crippen LogP contribution is 2.26. The van der Waals surface area contributed by atoms with Gasteiger partial charge in [-0.1, -0.05) is 12.8 Å². The van der Waals surface area contributed by atoms with Crippen LogP contribution in [-0.4, -0.2) is 34.7 Å². The van der Waals surface area contributed by atoms with Gasteiger partial charge in [-0.15, -0.1) is 0 Å². The Bertz CT molecular complexity index is 591. The third kappa shape index (κ3) is 3.42. The summed E-state index contributed by atoms with van der Waals surface area (Å²) in [6.45, 7) is 3.54. The first-order chi connectivity index (χ1) is 10.6. The predicted molar refractivity (Wildman–Crippen MR) is 83.2 cm³/mol. The van der Waals surface area contributed by atoms with Crippen molar-refractivity contribution < 1.29 is 13.9 Å². The molecule has 1 N–H and O–H groups in total. The fraction of sp³-hybridized carbons (Fsp3) is 0.588. The Morgan fingerprint density at radius 3 is 2.91 bits per heavy atom. The zero-order valence-corrected chi connectivity index (χ0v) is 13.3. The van der Waals surface area contributed by atoms with Gasteiger partial charge in [-0.25, -0.2) is 4.98 Å². The molecule has 5 nitrogen and oxygen atoms in total. The topological polar surface area (TPSA) is 62.6 Å². The number of oxazole rings is 1. The molecular formula is C17H24N2O3. The van der Waals surface area contributed by atoms with Crippen molar-refractivity contribution in [3.63, 3.8) is 0 Å². The van der Waals surface area contributed by atoms with Gasteiger partial charge in [0.2, 0.25) is 0 Å². The largest absolute Gasteiger partial charge is 0.459 e. The lowest BCUT2D eigenvalue weighted by Crippen LogP contribution is -2.34. The summed E-state index contributed by atoms with van der Waals surface area (Å²) in [5.74, 6) is 2.38. The third-order valence-corrected chi connectivity index (χ3v) is 4.46. The number of aliphatic hydroxyl groups is 1. The Balaban J connectivity index is 1.62. The van der Waals surface area contributed by atoms with Crippen LogP contribution in [0.1, 0.15) is 37.1 Å². The van der Waals surface area contributed by atoms with Crippen LogP contribution in [0.15, 0.2) is 27.2 Å². The Kier molecular flexibility index (Phi) is 4.64. The maximum atomic E-state index is 10.1. The molecule has 120 valence electrons. The van der Waals surface area contributed by atoms with Crippen molar-refractivity contribution in [2.75, 3.05) is 13.6 Å². The van der Waals surface area contributed by atoms with Crippen molar-refractivity contribution >= 4 is 0 Å². The lowest BCUT2D eigenvalue weighted by Gasteiger charge is -2.30. The van der Waals surface area contributed by atoms with Crippen molar-refractivity contribution in [3.05, 3.63) is 29.9 Å². The highest BCUT2D eigenvalue weighted by atomic mass is 16.4. The molecule has 0 spiro atoms. The zero-order valence-electron chi connectivity index (χ0n) is 13.3. The van der Waals surface area contributed by atoms with E-state index in [1.807, 2.05) is 19.1 Å². The van der Waals surface area contributed by atoms with E-state index in [-0.39, 0.29) is 6.10 Å². The molecule has 2 unspecified atom stereocenters. The second kappa shape index (κ2) is 6.67. The van der Waals surface area contributed by atoms with E-state index in [0.717, 1.165) is 43.8 Å². The average molecular weight is 304 g/mol. The molecule has 0 radical (unpaired) electrons. The van der Waals surface area contributed by atoms with Gasteiger partial charge in [-0.2, -0.15) is 0 Å². The summed E-state index contributed by atoms with van der Waals surface area (Å²) in [4.78, 5) is 6.76. The van der Waals surface area contributed by atoms with Crippen molar-refractivity contribution in [2.24, 2.45) is 5.92 Å². The number of furan rings is 1. The molecule has 3 rings (SSSR count). The second-order valence-corrected chi connectivity index (χ2v) is 6.31. The molecule has 1 aliphatic rings. The normalized spacial score (nSPS) is 22.4. The second-order valence-electron chi connectivity index (χ2n) is 6.31. The molecule has 2 aromatic heterocycles. The standard InChI is InChI=1S/C17H24N2O3/c1-12-14(18-17(22-12)16-8-5-9-21-16)11-19(2)10-13-6-3-4-7-15(13)20/h5,8-9,13,15,20H,3-4,6-7,10-11H2,1-2H3. The van der Waals surface area contributed by atoms with Crippen LogP contribution in [0, 0.1) is 12.8 Å². The number of aliphatic hydroxyl groups excluding tert-OH is 1. The first-order valence-electron chi connectivity index (χ1n) is 8.00. The van der Waals surface area contributed by atoms with Gasteiger partial charge in [0, 0.05) is 13.1 Å². The number of rotatable bonds is 5. The van der Waals surface area contributed by atoms with Gasteiger partial charge in [0.05, 0.1) is 18.1 Å². The lowest BCUT2D eigenvalue weighted by atomic mass is 9.86. The number of hydrogen-bond donors (Lipinski definition) is 1. The van der Waals surface area contributed by atoms with Gasteiger partial charge in [-0.05, 0) is 44.9 Å². The zero-order chi connectivity index (χ0) is 15.5. The Morgan fingerprint density at radius 1 is 1.36 bits per heavy atom. The van der Waals surface area contributed by atoms with E-state index in [0.29, 0.717) is 17.6 Å². The molecule has 22 heavy (non-hydrogen) atoms. The maximum Gasteiger partial charge on any atom is 0.263 e. The number of aromatic nitrogens is 1. The quantitative estimate of drug-likeness (QED) is 0.919. The van der Waals surface area contributed by atoms with Gasteiger partial charge >= 0.3 is 0 Å². The molecular weight excluding hydrogens is 280 g/mol. The minimum absolute atomic E-state index is 0.159. The van der Waals surface area contributed by atoms with Gasteiger partial charge in [-0.3, -0.25) is 0 Å². The van der Waals surface area contributed by atoms with Crippen LogP contribution in [-0.2, 0) is 6.54 Å².